The fourth-order valence-corrected chi connectivity index (χ4v) is 4.33. The molecule has 1 atom stereocenters. The number of aliphatic hydroxyl groups is 3. The van der Waals surface area contributed by atoms with Crippen LogP contribution < -0.4 is 4.74 Å². The minimum Gasteiger partial charge on any atom is -0.485 e. The van der Waals surface area contributed by atoms with Gasteiger partial charge in [0.1, 0.15) is 11.9 Å². The van der Waals surface area contributed by atoms with Gasteiger partial charge in [-0.3, -0.25) is 0 Å². The molecule has 0 aromatic heterocycles. The van der Waals surface area contributed by atoms with Crippen LogP contribution in [-0.4, -0.2) is 35.1 Å². The zero-order valence-electron chi connectivity index (χ0n) is 20.4. The van der Waals surface area contributed by atoms with E-state index in [1.54, 1.807) is 0 Å². The van der Waals surface area contributed by atoms with Crippen molar-refractivity contribution >= 4 is 0 Å². The average molecular weight is 457 g/mol. The molecular weight excluding hydrogens is 412 g/mol. The Morgan fingerprint density at radius 1 is 0.667 bits per heavy atom. The van der Waals surface area contributed by atoms with Crippen LogP contribution in [0.25, 0.3) is 0 Å². The van der Waals surface area contributed by atoms with Crippen molar-refractivity contribution in [2.24, 2.45) is 5.41 Å². The summed E-state index contributed by atoms with van der Waals surface area (Å²) in [6, 6.07) is 17.5. The predicted molar refractivity (Wildman–Crippen MR) is 135 cm³/mol. The summed E-state index contributed by atoms with van der Waals surface area (Å²) in [6.45, 7) is 1.13. The van der Waals surface area contributed by atoms with Crippen LogP contribution >= 0.6 is 0 Å². The van der Waals surface area contributed by atoms with E-state index in [9.17, 15) is 15.3 Å². The number of aliphatic hydroxyl groups excluding tert-OH is 3. The maximum Gasteiger partial charge on any atom is 0.136 e. The third-order valence-corrected chi connectivity index (χ3v) is 6.62. The van der Waals surface area contributed by atoms with Gasteiger partial charge < -0.3 is 20.1 Å². The van der Waals surface area contributed by atoms with E-state index < -0.39 is 11.5 Å². The summed E-state index contributed by atoms with van der Waals surface area (Å²) in [5.41, 5.74) is 0.773. The SMILES string of the molecule is CCCCCCCCCCCCc1ccccc1OC(c1ccccc1)C(CO)(CO)CO. The molecule has 0 amide bonds. The van der Waals surface area contributed by atoms with Crippen molar-refractivity contribution in [3.8, 4) is 5.75 Å². The first-order valence-electron chi connectivity index (χ1n) is 12.8. The summed E-state index contributed by atoms with van der Waals surface area (Å²) in [5.74, 6) is 0.752. The minimum absolute atomic E-state index is 0.375. The van der Waals surface area contributed by atoms with Crippen molar-refractivity contribution < 1.29 is 20.1 Å². The Labute approximate surface area is 200 Å². The lowest BCUT2D eigenvalue weighted by atomic mass is 9.80. The van der Waals surface area contributed by atoms with Crippen molar-refractivity contribution in [1.82, 2.24) is 0 Å². The van der Waals surface area contributed by atoms with E-state index in [-0.39, 0.29) is 19.8 Å². The molecule has 0 bridgehead atoms. The molecule has 0 fully saturated rings. The summed E-state index contributed by atoms with van der Waals surface area (Å²) in [7, 11) is 0. The van der Waals surface area contributed by atoms with Crippen LogP contribution in [0.1, 0.15) is 88.4 Å². The van der Waals surface area contributed by atoms with E-state index in [0.29, 0.717) is 0 Å². The molecule has 4 nitrogen and oxygen atoms in total. The molecule has 0 saturated carbocycles. The summed E-state index contributed by atoms with van der Waals surface area (Å²) in [5, 5.41) is 30.2. The Balaban J connectivity index is 1.96. The molecule has 0 aliphatic rings. The summed E-state index contributed by atoms with van der Waals surface area (Å²) >= 11 is 0. The summed E-state index contributed by atoms with van der Waals surface area (Å²) in [6.07, 6.45) is 13.3. The van der Waals surface area contributed by atoms with Gasteiger partial charge in [0, 0.05) is 0 Å². The van der Waals surface area contributed by atoms with Crippen LogP contribution in [0.15, 0.2) is 54.6 Å². The van der Waals surface area contributed by atoms with E-state index in [2.05, 4.69) is 13.0 Å². The number of unbranched alkanes of at least 4 members (excludes halogenated alkanes) is 9. The van der Waals surface area contributed by atoms with Crippen LogP contribution in [0.2, 0.25) is 0 Å². The highest BCUT2D eigenvalue weighted by Gasteiger charge is 2.41. The van der Waals surface area contributed by atoms with Crippen LogP contribution in [0, 0.1) is 5.41 Å². The fourth-order valence-electron chi connectivity index (χ4n) is 4.33. The van der Waals surface area contributed by atoms with Crippen LogP contribution in [-0.2, 0) is 6.42 Å². The van der Waals surface area contributed by atoms with Gasteiger partial charge in [0.05, 0.1) is 25.2 Å². The molecule has 0 radical (unpaired) electrons. The first-order valence-corrected chi connectivity index (χ1v) is 12.8. The van der Waals surface area contributed by atoms with Crippen molar-refractivity contribution in [3.63, 3.8) is 0 Å². The van der Waals surface area contributed by atoms with E-state index in [0.717, 1.165) is 29.7 Å². The molecule has 0 saturated heterocycles. The number of aryl methyl sites for hydroxylation is 1. The molecule has 2 aromatic carbocycles. The quantitative estimate of drug-likeness (QED) is 0.232. The minimum atomic E-state index is -1.18. The number of rotatable bonds is 18. The second-order valence-corrected chi connectivity index (χ2v) is 9.28. The van der Waals surface area contributed by atoms with Gasteiger partial charge in [0.25, 0.3) is 0 Å². The molecule has 0 spiro atoms. The first-order chi connectivity index (χ1) is 16.2. The predicted octanol–water partition coefficient (Wildman–Crippen LogP) is 6.23. The standard InChI is InChI=1S/C29H44O4/c1-2-3-4-5-6-7-8-9-10-12-17-25-18-15-16-21-27(25)33-28(26-19-13-11-14-20-26)29(22-30,23-31)24-32/h11,13-16,18-21,28,30-32H,2-10,12,17,22-24H2,1H3. The molecule has 184 valence electrons. The normalized spacial score (nSPS) is 12.6. The van der Waals surface area contributed by atoms with E-state index in [1.165, 1.54) is 57.8 Å². The molecule has 3 N–H and O–H groups in total. The van der Waals surface area contributed by atoms with Crippen molar-refractivity contribution in [3.05, 3.63) is 65.7 Å². The number of para-hydroxylation sites is 1. The smallest absolute Gasteiger partial charge is 0.136 e. The third-order valence-electron chi connectivity index (χ3n) is 6.62. The molecule has 0 aliphatic carbocycles. The average Bonchev–Trinajstić information content (AvgIpc) is 2.87. The zero-order valence-corrected chi connectivity index (χ0v) is 20.4. The van der Waals surface area contributed by atoms with Gasteiger partial charge in [-0.15, -0.1) is 0 Å². The Morgan fingerprint density at radius 2 is 1.18 bits per heavy atom. The lowest BCUT2D eigenvalue weighted by Gasteiger charge is -2.37. The molecule has 1 unspecified atom stereocenters. The topological polar surface area (TPSA) is 69.9 Å². The number of hydrogen-bond acceptors (Lipinski definition) is 4. The molecule has 0 heterocycles. The monoisotopic (exact) mass is 456 g/mol. The van der Waals surface area contributed by atoms with Gasteiger partial charge in [-0.05, 0) is 30.0 Å². The molecule has 2 aromatic rings. The summed E-state index contributed by atoms with van der Waals surface area (Å²) in [4.78, 5) is 0. The van der Waals surface area contributed by atoms with Gasteiger partial charge in [0.15, 0.2) is 0 Å². The van der Waals surface area contributed by atoms with Crippen LogP contribution in [0.4, 0.5) is 0 Å². The highest BCUT2D eigenvalue weighted by Crippen LogP contribution is 2.38. The number of benzene rings is 2. The maximum absolute atomic E-state index is 10.1. The van der Waals surface area contributed by atoms with E-state index in [4.69, 9.17) is 4.74 Å². The second-order valence-electron chi connectivity index (χ2n) is 9.28. The number of ether oxygens (including phenoxy) is 1. The largest absolute Gasteiger partial charge is 0.485 e. The second kappa shape index (κ2) is 15.9. The molecule has 0 aliphatic heterocycles. The van der Waals surface area contributed by atoms with Crippen molar-refractivity contribution in [2.75, 3.05) is 19.8 Å². The summed E-state index contributed by atoms with van der Waals surface area (Å²) < 4.78 is 6.43. The lowest BCUT2D eigenvalue weighted by molar-refractivity contribution is -0.0745. The van der Waals surface area contributed by atoms with Crippen LogP contribution in [0.5, 0.6) is 5.75 Å². The zero-order chi connectivity index (χ0) is 23.8. The van der Waals surface area contributed by atoms with Gasteiger partial charge in [0.2, 0.25) is 0 Å². The Kier molecular flexibility index (Phi) is 13.2. The maximum atomic E-state index is 10.1. The van der Waals surface area contributed by atoms with Crippen molar-refractivity contribution in [2.45, 2.75) is 83.7 Å². The van der Waals surface area contributed by atoms with Gasteiger partial charge >= 0.3 is 0 Å². The number of hydrogen-bond donors (Lipinski definition) is 3. The lowest BCUT2D eigenvalue weighted by Crippen LogP contribution is -2.42. The Hall–Kier alpha value is -1.88. The van der Waals surface area contributed by atoms with Gasteiger partial charge in [-0.2, -0.15) is 0 Å². The van der Waals surface area contributed by atoms with Gasteiger partial charge in [-0.25, -0.2) is 0 Å². The molecular formula is C29H44O4. The molecule has 2 rings (SSSR count). The first kappa shape index (κ1) is 27.4. The molecule has 33 heavy (non-hydrogen) atoms. The van der Waals surface area contributed by atoms with Crippen LogP contribution in [0.3, 0.4) is 0 Å². The van der Waals surface area contributed by atoms with E-state index in [1.807, 2.05) is 48.5 Å². The fraction of sp³-hybridized carbons (Fsp3) is 0.586. The highest BCUT2D eigenvalue weighted by molar-refractivity contribution is 5.35. The Morgan fingerprint density at radius 3 is 1.76 bits per heavy atom. The van der Waals surface area contributed by atoms with E-state index >= 15 is 0 Å². The third kappa shape index (κ3) is 8.77. The van der Waals surface area contributed by atoms with Crippen molar-refractivity contribution in [1.29, 1.82) is 0 Å². The highest BCUT2D eigenvalue weighted by atomic mass is 16.5. The van der Waals surface area contributed by atoms with Gasteiger partial charge in [-0.1, -0.05) is 113 Å². The Bertz CT molecular complexity index is 734. The molecule has 4 heteroatoms.